The Morgan fingerprint density at radius 3 is 2.65 bits per heavy atom. The molecule has 0 amide bonds. The van der Waals surface area contributed by atoms with E-state index in [1.165, 1.54) is 52.3 Å². The van der Waals surface area contributed by atoms with Crippen molar-refractivity contribution in [2.75, 3.05) is 0 Å². The van der Waals surface area contributed by atoms with Gasteiger partial charge in [0.15, 0.2) is 0 Å². The number of hydrogen-bond acceptors (Lipinski definition) is 0. The van der Waals surface area contributed by atoms with Crippen molar-refractivity contribution in [3.05, 3.63) is 101 Å². The van der Waals surface area contributed by atoms with Gasteiger partial charge in [0.25, 0.3) is 0 Å². The second-order valence-electron chi connectivity index (χ2n) is 7.78. The van der Waals surface area contributed by atoms with E-state index in [1.54, 1.807) is 11.1 Å². The monoisotopic (exact) mass is 336 g/mol. The fourth-order valence-electron chi connectivity index (χ4n) is 4.84. The Morgan fingerprint density at radius 2 is 1.77 bits per heavy atom. The van der Waals surface area contributed by atoms with Gasteiger partial charge in [0.05, 0.1) is 0 Å². The van der Waals surface area contributed by atoms with Crippen molar-refractivity contribution < 1.29 is 0 Å². The van der Waals surface area contributed by atoms with Gasteiger partial charge in [0, 0.05) is 5.92 Å². The lowest BCUT2D eigenvalue weighted by atomic mass is 9.77. The zero-order valence-electron chi connectivity index (χ0n) is 15.3. The van der Waals surface area contributed by atoms with Crippen molar-refractivity contribution in [1.82, 2.24) is 0 Å². The second kappa shape index (κ2) is 6.29. The summed E-state index contributed by atoms with van der Waals surface area (Å²) in [4.78, 5) is 0. The van der Waals surface area contributed by atoms with Gasteiger partial charge < -0.3 is 0 Å². The van der Waals surface area contributed by atoms with Gasteiger partial charge >= 0.3 is 0 Å². The maximum absolute atomic E-state index is 2.48. The van der Waals surface area contributed by atoms with Crippen molar-refractivity contribution in [3.8, 4) is 0 Å². The van der Waals surface area contributed by atoms with E-state index >= 15 is 0 Å². The molecule has 0 spiro atoms. The summed E-state index contributed by atoms with van der Waals surface area (Å²) in [6, 6.07) is 24.7. The topological polar surface area (TPSA) is 0 Å². The van der Waals surface area contributed by atoms with E-state index in [2.05, 4.69) is 79.7 Å². The van der Waals surface area contributed by atoms with E-state index in [0.29, 0.717) is 5.92 Å². The van der Waals surface area contributed by atoms with Crippen LogP contribution in [0.2, 0.25) is 0 Å². The van der Waals surface area contributed by atoms with Crippen LogP contribution >= 0.6 is 0 Å². The molecule has 0 nitrogen and oxygen atoms in total. The third-order valence-corrected chi connectivity index (χ3v) is 6.09. The Balaban J connectivity index is 1.55. The summed E-state index contributed by atoms with van der Waals surface area (Å²) < 4.78 is 0. The first kappa shape index (κ1) is 15.6. The number of allylic oxidation sites excluding steroid dienone is 4. The maximum atomic E-state index is 2.48. The maximum Gasteiger partial charge on any atom is 0.00635 e. The average molecular weight is 336 g/mol. The van der Waals surface area contributed by atoms with E-state index in [9.17, 15) is 0 Å². The lowest BCUT2D eigenvalue weighted by Gasteiger charge is -2.27. The molecule has 0 heterocycles. The van der Waals surface area contributed by atoms with Gasteiger partial charge in [-0.05, 0) is 65.7 Å². The minimum atomic E-state index is 0.572. The number of fused-ring (bicyclic) bond motifs is 1. The molecule has 2 aliphatic rings. The zero-order chi connectivity index (χ0) is 17.5. The van der Waals surface area contributed by atoms with Crippen LogP contribution in [0, 0.1) is 6.92 Å². The van der Waals surface area contributed by atoms with E-state index in [0.717, 1.165) is 6.42 Å². The SMILES string of the molecule is Cc1ccc2c(C3CCCC4=C3CC(c3ccccc3)=C4)cccc2c1. The molecule has 0 saturated heterocycles. The van der Waals surface area contributed by atoms with Crippen molar-refractivity contribution >= 4 is 16.3 Å². The van der Waals surface area contributed by atoms with Crippen LogP contribution in [-0.4, -0.2) is 0 Å². The summed E-state index contributed by atoms with van der Waals surface area (Å²) in [5.74, 6) is 0.572. The predicted molar refractivity (Wildman–Crippen MR) is 111 cm³/mol. The van der Waals surface area contributed by atoms with Crippen LogP contribution in [0.15, 0.2) is 84.0 Å². The highest BCUT2D eigenvalue weighted by atomic mass is 14.3. The molecule has 0 radical (unpaired) electrons. The van der Waals surface area contributed by atoms with Crippen LogP contribution in [0.3, 0.4) is 0 Å². The van der Waals surface area contributed by atoms with E-state index < -0.39 is 0 Å². The summed E-state index contributed by atoms with van der Waals surface area (Å²) in [5.41, 5.74) is 9.02. The normalized spacial score (nSPS) is 19.6. The highest BCUT2D eigenvalue weighted by Crippen LogP contribution is 2.48. The quantitative estimate of drug-likeness (QED) is 0.464. The Hall–Kier alpha value is -2.60. The van der Waals surface area contributed by atoms with Crippen LogP contribution in [0.4, 0.5) is 0 Å². The summed E-state index contributed by atoms with van der Waals surface area (Å²) in [6.07, 6.45) is 7.41. The first-order valence-electron chi connectivity index (χ1n) is 9.77. The lowest BCUT2D eigenvalue weighted by molar-refractivity contribution is 0.610. The van der Waals surface area contributed by atoms with Gasteiger partial charge in [0.2, 0.25) is 0 Å². The standard InChI is InChI=1S/C26H24/c1-18-13-14-23-20(15-18)9-5-11-24(23)25-12-6-10-21-16-22(17-26(21)25)19-7-3-2-4-8-19/h2-5,7-9,11,13-16,25H,6,10,12,17H2,1H3. The Labute approximate surface area is 155 Å². The molecule has 128 valence electrons. The molecule has 0 heteroatoms. The molecule has 2 aliphatic carbocycles. The lowest BCUT2D eigenvalue weighted by Crippen LogP contribution is -2.09. The highest BCUT2D eigenvalue weighted by molar-refractivity contribution is 5.88. The number of benzene rings is 3. The van der Waals surface area contributed by atoms with Crippen LogP contribution in [-0.2, 0) is 0 Å². The number of aryl methyl sites for hydroxylation is 1. The van der Waals surface area contributed by atoms with E-state index in [1.807, 2.05) is 0 Å². The predicted octanol–water partition coefficient (Wildman–Crippen LogP) is 7.20. The van der Waals surface area contributed by atoms with Crippen molar-refractivity contribution in [3.63, 3.8) is 0 Å². The van der Waals surface area contributed by atoms with Crippen LogP contribution in [0.25, 0.3) is 16.3 Å². The van der Waals surface area contributed by atoms with Crippen LogP contribution in [0.5, 0.6) is 0 Å². The molecule has 0 fully saturated rings. The molecule has 0 aromatic heterocycles. The molecule has 3 aromatic carbocycles. The first-order chi connectivity index (χ1) is 12.8. The number of hydrogen-bond donors (Lipinski definition) is 0. The largest absolute Gasteiger partial charge is 0.0622 e. The molecule has 5 rings (SSSR count). The minimum absolute atomic E-state index is 0.572. The Bertz CT molecular complexity index is 1030. The van der Waals surface area contributed by atoms with Gasteiger partial charge in [-0.1, -0.05) is 83.9 Å². The Kier molecular flexibility index (Phi) is 3.78. The molecule has 0 N–H and O–H groups in total. The van der Waals surface area contributed by atoms with Gasteiger partial charge in [-0.25, -0.2) is 0 Å². The van der Waals surface area contributed by atoms with E-state index in [4.69, 9.17) is 0 Å². The van der Waals surface area contributed by atoms with Crippen LogP contribution in [0.1, 0.15) is 48.3 Å². The third kappa shape index (κ3) is 2.61. The van der Waals surface area contributed by atoms with Gasteiger partial charge in [-0.15, -0.1) is 0 Å². The fraction of sp³-hybridized carbons (Fsp3) is 0.231. The smallest absolute Gasteiger partial charge is 0.00635 e. The molecule has 1 atom stereocenters. The number of rotatable bonds is 2. The zero-order valence-corrected chi connectivity index (χ0v) is 15.3. The molecule has 26 heavy (non-hydrogen) atoms. The third-order valence-electron chi connectivity index (χ3n) is 6.09. The second-order valence-corrected chi connectivity index (χ2v) is 7.78. The van der Waals surface area contributed by atoms with Gasteiger partial charge in [-0.2, -0.15) is 0 Å². The molecular weight excluding hydrogens is 312 g/mol. The molecule has 0 aliphatic heterocycles. The van der Waals surface area contributed by atoms with Crippen molar-refractivity contribution in [2.45, 2.75) is 38.5 Å². The summed E-state index contributed by atoms with van der Waals surface area (Å²) in [5, 5.41) is 2.81. The molecule has 1 unspecified atom stereocenters. The minimum Gasteiger partial charge on any atom is -0.0622 e. The van der Waals surface area contributed by atoms with Crippen molar-refractivity contribution in [1.29, 1.82) is 0 Å². The Morgan fingerprint density at radius 1 is 0.885 bits per heavy atom. The van der Waals surface area contributed by atoms with Crippen molar-refractivity contribution in [2.24, 2.45) is 0 Å². The summed E-state index contributed by atoms with van der Waals surface area (Å²) in [6.45, 7) is 2.18. The fourth-order valence-corrected chi connectivity index (χ4v) is 4.84. The molecular formula is C26H24. The summed E-state index contributed by atoms with van der Waals surface area (Å²) >= 11 is 0. The van der Waals surface area contributed by atoms with E-state index in [-0.39, 0.29) is 0 Å². The van der Waals surface area contributed by atoms with Gasteiger partial charge in [0.1, 0.15) is 0 Å². The molecule has 0 bridgehead atoms. The van der Waals surface area contributed by atoms with Gasteiger partial charge in [-0.3, -0.25) is 0 Å². The first-order valence-corrected chi connectivity index (χ1v) is 9.77. The average Bonchev–Trinajstić information content (AvgIpc) is 3.12. The molecule has 3 aromatic rings. The summed E-state index contributed by atoms with van der Waals surface area (Å²) in [7, 11) is 0. The highest BCUT2D eigenvalue weighted by Gasteiger charge is 2.29. The molecule has 0 saturated carbocycles. The van der Waals surface area contributed by atoms with Crippen LogP contribution < -0.4 is 0 Å².